The lowest BCUT2D eigenvalue weighted by atomic mass is 9.85. The SMILES string of the molecule is C=C(OCC)C(C)(C)CCCCCC(O)CCCCCC(C)(C)C(=C)OCC. The summed E-state index contributed by atoms with van der Waals surface area (Å²) in [6.07, 6.45) is 10.7. The minimum Gasteiger partial charge on any atom is -0.498 e. The van der Waals surface area contributed by atoms with Crippen molar-refractivity contribution in [1.29, 1.82) is 0 Å². The molecule has 3 nitrogen and oxygen atoms in total. The summed E-state index contributed by atoms with van der Waals surface area (Å²) in [5, 5.41) is 10.2. The van der Waals surface area contributed by atoms with Crippen molar-refractivity contribution in [3.8, 4) is 0 Å². The summed E-state index contributed by atoms with van der Waals surface area (Å²) in [6.45, 7) is 22.3. The summed E-state index contributed by atoms with van der Waals surface area (Å²) in [5.74, 6) is 1.78. The Morgan fingerprint density at radius 3 is 1.39 bits per heavy atom. The van der Waals surface area contributed by atoms with Crippen molar-refractivity contribution in [2.75, 3.05) is 13.2 Å². The van der Waals surface area contributed by atoms with Crippen molar-refractivity contribution in [1.82, 2.24) is 0 Å². The van der Waals surface area contributed by atoms with Gasteiger partial charge in [0.05, 0.1) is 30.8 Å². The third-order valence-corrected chi connectivity index (χ3v) is 5.83. The number of ether oxygens (including phenoxy) is 2. The van der Waals surface area contributed by atoms with Gasteiger partial charge in [0, 0.05) is 10.8 Å². The van der Waals surface area contributed by atoms with Gasteiger partial charge in [-0.3, -0.25) is 0 Å². The molecule has 0 aliphatic rings. The average molecular weight is 397 g/mol. The molecular weight excluding hydrogens is 348 g/mol. The molecule has 0 aliphatic heterocycles. The quantitative estimate of drug-likeness (QED) is 0.194. The lowest BCUT2D eigenvalue weighted by Gasteiger charge is -2.27. The van der Waals surface area contributed by atoms with Crippen LogP contribution in [0.5, 0.6) is 0 Å². The molecule has 0 rings (SSSR count). The number of hydrogen-bond acceptors (Lipinski definition) is 3. The number of hydrogen-bond donors (Lipinski definition) is 1. The molecule has 3 heteroatoms. The summed E-state index contributed by atoms with van der Waals surface area (Å²) in [7, 11) is 0. The predicted molar refractivity (Wildman–Crippen MR) is 121 cm³/mol. The van der Waals surface area contributed by atoms with Crippen LogP contribution in [0.2, 0.25) is 0 Å². The van der Waals surface area contributed by atoms with Crippen LogP contribution >= 0.6 is 0 Å². The molecule has 0 spiro atoms. The topological polar surface area (TPSA) is 38.7 Å². The van der Waals surface area contributed by atoms with E-state index in [-0.39, 0.29) is 16.9 Å². The van der Waals surface area contributed by atoms with E-state index in [1.165, 1.54) is 0 Å². The third kappa shape index (κ3) is 11.8. The van der Waals surface area contributed by atoms with Crippen molar-refractivity contribution < 1.29 is 14.6 Å². The van der Waals surface area contributed by atoms with Gasteiger partial charge < -0.3 is 14.6 Å². The molecule has 28 heavy (non-hydrogen) atoms. The van der Waals surface area contributed by atoms with Crippen LogP contribution < -0.4 is 0 Å². The Bertz CT molecular complexity index is 397. The van der Waals surface area contributed by atoms with Gasteiger partial charge >= 0.3 is 0 Å². The molecule has 0 radical (unpaired) electrons. The van der Waals surface area contributed by atoms with Gasteiger partial charge in [0.15, 0.2) is 0 Å². The summed E-state index contributed by atoms with van der Waals surface area (Å²) >= 11 is 0. The first-order valence-electron chi connectivity index (χ1n) is 11.4. The van der Waals surface area contributed by atoms with E-state index >= 15 is 0 Å². The Morgan fingerprint density at radius 1 is 0.714 bits per heavy atom. The third-order valence-electron chi connectivity index (χ3n) is 5.83. The average Bonchev–Trinajstić information content (AvgIpc) is 2.61. The van der Waals surface area contributed by atoms with E-state index in [0.29, 0.717) is 13.2 Å². The fourth-order valence-corrected chi connectivity index (χ4v) is 3.41. The smallest absolute Gasteiger partial charge is 0.0944 e. The molecule has 0 saturated heterocycles. The number of unbranched alkanes of at least 4 members (excludes halogenated alkanes) is 4. The van der Waals surface area contributed by atoms with E-state index in [4.69, 9.17) is 9.47 Å². The number of aliphatic hydroxyl groups excluding tert-OH is 1. The van der Waals surface area contributed by atoms with E-state index in [1.807, 2.05) is 13.8 Å². The Labute approximate surface area is 175 Å². The molecule has 0 fully saturated rings. The molecular formula is C25H48O3. The number of aliphatic hydroxyl groups is 1. The highest BCUT2D eigenvalue weighted by Crippen LogP contribution is 2.33. The highest BCUT2D eigenvalue weighted by molar-refractivity contribution is 4.99. The monoisotopic (exact) mass is 396 g/mol. The van der Waals surface area contributed by atoms with Crippen molar-refractivity contribution in [3.05, 3.63) is 24.7 Å². The van der Waals surface area contributed by atoms with Crippen LogP contribution in [-0.2, 0) is 9.47 Å². The van der Waals surface area contributed by atoms with Crippen LogP contribution in [0.15, 0.2) is 24.7 Å². The summed E-state index contributed by atoms with van der Waals surface area (Å²) in [4.78, 5) is 0. The Balaban J connectivity index is 3.77. The standard InChI is InChI=1S/C25H48O3/c1-9-27-21(3)24(5,6)19-15-11-13-17-23(26)18-14-12-16-20-25(7,8)22(4)28-10-2/h23,26H,3-4,9-20H2,1-2,5-8H3. The van der Waals surface area contributed by atoms with Gasteiger partial charge in [-0.25, -0.2) is 0 Å². The molecule has 0 aliphatic carbocycles. The zero-order chi connectivity index (χ0) is 21.6. The van der Waals surface area contributed by atoms with Gasteiger partial charge in [-0.05, 0) is 39.5 Å². The molecule has 0 aromatic heterocycles. The maximum Gasteiger partial charge on any atom is 0.0944 e. The molecule has 0 aromatic carbocycles. The van der Waals surface area contributed by atoms with Crippen molar-refractivity contribution in [3.63, 3.8) is 0 Å². The second-order valence-corrected chi connectivity index (χ2v) is 9.33. The molecule has 166 valence electrons. The maximum atomic E-state index is 10.2. The van der Waals surface area contributed by atoms with Gasteiger partial charge in [-0.1, -0.05) is 79.4 Å². The highest BCUT2D eigenvalue weighted by Gasteiger charge is 2.23. The second kappa shape index (κ2) is 14.1. The van der Waals surface area contributed by atoms with Crippen LogP contribution in [0.1, 0.15) is 106 Å². The van der Waals surface area contributed by atoms with E-state index < -0.39 is 0 Å². The van der Waals surface area contributed by atoms with Crippen molar-refractivity contribution in [2.45, 2.75) is 112 Å². The lowest BCUT2D eigenvalue weighted by molar-refractivity contribution is 0.138. The van der Waals surface area contributed by atoms with Gasteiger partial charge in [-0.2, -0.15) is 0 Å². The molecule has 0 aromatic rings. The second-order valence-electron chi connectivity index (χ2n) is 9.33. The van der Waals surface area contributed by atoms with Crippen molar-refractivity contribution >= 4 is 0 Å². The lowest BCUT2D eigenvalue weighted by Crippen LogP contribution is -2.16. The van der Waals surface area contributed by atoms with Crippen LogP contribution in [0.3, 0.4) is 0 Å². The maximum absolute atomic E-state index is 10.2. The highest BCUT2D eigenvalue weighted by atomic mass is 16.5. The number of rotatable bonds is 18. The van der Waals surface area contributed by atoms with E-state index in [1.54, 1.807) is 0 Å². The molecule has 0 amide bonds. The van der Waals surface area contributed by atoms with E-state index in [2.05, 4.69) is 40.9 Å². The Morgan fingerprint density at radius 2 is 1.07 bits per heavy atom. The first kappa shape index (κ1) is 27.0. The fraction of sp³-hybridized carbons (Fsp3) is 0.840. The first-order valence-corrected chi connectivity index (χ1v) is 11.4. The minimum atomic E-state index is -0.155. The largest absolute Gasteiger partial charge is 0.498 e. The minimum absolute atomic E-state index is 0.0376. The predicted octanol–water partition coefficient (Wildman–Crippen LogP) is 7.40. The molecule has 0 saturated carbocycles. The normalized spacial score (nSPS) is 12.3. The van der Waals surface area contributed by atoms with Gasteiger partial charge in [0.1, 0.15) is 0 Å². The Kier molecular flexibility index (Phi) is 13.6. The van der Waals surface area contributed by atoms with E-state index in [0.717, 1.165) is 75.7 Å². The van der Waals surface area contributed by atoms with Crippen LogP contribution in [-0.4, -0.2) is 24.4 Å². The van der Waals surface area contributed by atoms with Crippen molar-refractivity contribution in [2.24, 2.45) is 10.8 Å². The first-order chi connectivity index (χ1) is 13.1. The molecule has 0 heterocycles. The van der Waals surface area contributed by atoms with Crippen LogP contribution in [0.25, 0.3) is 0 Å². The van der Waals surface area contributed by atoms with Crippen LogP contribution in [0, 0.1) is 10.8 Å². The Hall–Kier alpha value is -0.960. The molecule has 0 unspecified atom stereocenters. The number of allylic oxidation sites excluding steroid dienone is 2. The van der Waals surface area contributed by atoms with Gasteiger partial charge in [0.25, 0.3) is 0 Å². The zero-order valence-electron chi connectivity index (χ0n) is 19.7. The van der Waals surface area contributed by atoms with Gasteiger partial charge in [0.2, 0.25) is 0 Å². The summed E-state index contributed by atoms with van der Waals surface area (Å²) in [5.41, 5.74) is 0.0751. The van der Waals surface area contributed by atoms with E-state index in [9.17, 15) is 5.11 Å². The molecule has 0 atom stereocenters. The summed E-state index contributed by atoms with van der Waals surface area (Å²) < 4.78 is 11.1. The molecule has 1 N–H and O–H groups in total. The molecule has 0 bridgehead atoms. The summed E-state index contributed by atoms with van der Waals surface area (Å²) in [6, 6.07) is 0. The van der Waals surface area contributed by atoms with Crippen LogP contribution in [0.4, 0.5) is 0 Å². The fourth-order valence-electron chi connectivity index (χ4n) is 3.41. The zero-order valence-corrected chi connectivity index (χ0v) is 19.7. The van der Waals surface area contributed by atoms with Gasteiger partial charge in [-0.15, -0.1) is 0 Å².